The molecule has 0 radical (unpaired) electrons. The molecule has 0 fully saturated rings. The van der Waals surface area contributed by atoms with Crippen LogP contribution in [0.1, 0.15) is 15.9 Å². The van der Waals surface area contributed by atoms with Gasteiger partial charge in [-0.3, -0.25) is 9.59 Å². The first-order valence-electron chi connectivity index (χ1n) is 7.91. The van der Waals surface area contributed by atoms with E-state index >= 15 is 0 Å². The van der Waals surface area contributed by atoms with E-state index in [1.165, 1.54) is 29.5 Å². The van der Waals surface area contributed by atoms with Crippen LogP contribution >= 0.6 is 11.3 Å². The number of carbonyl (C=O) groups is 2. The summed E-state index contributed by atoms with van der Waals surface area (Å²) < 4.78 is 15.4. The molecule has 0 unspecified atom stereocenters. The molecule has 1 N–H and O–H groups in total. The van der Waals surface area contributed by atoms with Gasteiger partial charge in [-0.1, -0.05) is 42.5 Å². The average molecular weight is 369 g/mol. The van der Waals surface area contributed by atoms with Crippen molar-refractivity contribution in [2.45, 2.75) is 6.54 Å². The summed E-state index contributed by atoms with van der Waals surface area (Å²) in [4.78, 5) is 28.6. The number of aromatic nitrogens is 1. The Labute approximate surface area is 153 Å². The van der Waals surface area contributed by atoms with Gasteiger partial charge >= 0.3 is 0 Å². The predicted octanol–water partition coefficient (Wildman–Crippen LogP) is 2.59. The second kappa shape index (κ2) is 8.35. The minimum atomic E-state index is -0.644. The van der Waals surface area contributed by atoms with Crippen molar-refractivity contribution in [3.8, 4) is 0 Å². The Kier molecular flexibility index (Phi) is 5.70. The van der Waals surface area contributed by atoms with Crippen LogP contribution in [0.15, 0.2) is 71.2 Å². The number of rotatable bonds is 5. The zero-order valence-electron chi connectivity index (χ0n) is 13.8. The lowest BCUT2D eigenvalue weighted by atomic mass is 10.2. The van der Waals surface area contributed by atoms with Crippen LogP contribution in [-0.4, -0.2) is 22.9 Å². The molecule has 132 valence electrons. The third-order valence-corrected chi connectivity index (χ3v) is 4.39. The van der Waals surface area contributed by atoms with E-state index in [9.17, 15) is 14.0 Å². The van der Waals surface area contributed by atoms with E-state index in [-0.39, 0.29) is 12.1 Å². The topological polar surface area (TPSA) is 63.5 Å². The normalized spacial score (nSPS) is 11.3. The number of hydrogen-bond donors (Lipinski definition) is 1. The monoisotopic (exact) mass is 369 g/mol. The second-order valence-electron chi connectivity index (χ2n) is 5.47. The van der Waals surface area contributed by atoms with Crippen LogP contribution in [0.5, 0.6) is 0 Å². The van der Waals surface area contributed by atoms with Gasteiger partial charge in [0.25, 0.3) is 11.8 Å². The minimum absolute atomic E-state index is 0.101. The molecule has 1 aromatic heterocycles. The van der Waals surface area contributed by atoms with Gasteiger partial charge in [0.1, 0.15) is 5.82 Å². The molecule has 2 amide bonds. The molecule has 0 atom stereocenters. The van der Waals surface area contributed by atoms with Crippen LogP contribution in [0, 0.1) is 5.82 Å². The molecule has 7 heteroatoms. The second-order valence-corrected chi connectivity index (χ2v) is 6.34. The zero-order chi connectivity index (χ0) is 18.4. The van der Waals surface area contributed by atoms with Crippen molar-refractivity contribution in [3.63, 3.8) is 0 Å². The van der Waals surface area contributed by atoms with Gasteiger partial charge in [0.2, 0.25) is 0 Å². The van der Waals surface area contributed by atoms with Crippen LogP contribution in [-0.2, 0) is 11.3 Å². The minimum Gasteiger partial charge on any atom is -0.343 e. The molecule has 0 aliphatic carbocycles. The molecule has 2 aromatic carbocycles. The summed E-state index contributed by atoms with van der Waals surface area (Å²) in [5.74, 6) is -1.78. The summed E-state index contributed by atoms with van der Waals surface area (Å²) >= 11 is 1.33. The third-order valence-electron chi connectivity index (χ3n) is 3.59. The highest BCUT2D eigenvalue weighted by Gasteiger charge is 2.11. The van der Waals surface area contributed by atoms with Crippen molar-refractivity contribution in [2.24, 2.45) is 4.99 Å². The third kappa shape index (κ3) is 4.52. The molecule has 5 nitrogen and oxygen atoms in total. The fourth-order valence-corrected chi connectivity index (χ4v) is 3.07. The summed E-state index contributed by atoms with van der Waals surface area (Å²) in [7, 11) is 0. The molecule has 26 heavy (non-hydrogen) atoms. The maximum atomic E-state index is 13.6. The number of hydrogen-bond acceptors (Lipinski definition) is 3. The fraction of sp³-hybridized carbons (Fsp3) is 0.105. The number of nitrogens with zero attached hydrogens (tertiary/aromatic N) is 2. The van der Waals surface area contributed by atoms with Gasteiger partial charge in [0.05, 0.1) is 12.1 Å². The van der Waals surface area contributed by atoms with Crippen LogP contribution < -0.4 is 10.1 Å². The lowest BCUT2D eigenvalue weighted by Gasteiger charge is -2.04. The van der Waals surface area contributed by atoms with Gasteiger partial charge in [-0.25, -0.2) is 4.39 Å². The Morgan fingerprint density at radius 3 is 2.58 bits per heavy atom. The highest BCUT2D eigenvalue weighted by Crippen LogP contribution is 2.05. The van der Waals surface area contributed by atoms with Gasteiger partial charge < -0.3 is 9.88 Å². The standard InChI is InChI=1S/C19H16FN3O2S/c20-16-9-5-4-8-15(16)18(25)21-12-17(24)22-19-23(10-11-26-19)13-14-6-2-1-3-7-14/h1-11H,12-13H2,(H,21,25). The molecule has 3 rings (SSSR count). The van der Waals surface area contributed by atoms with E-state index < -0.39 is 17.6 Å². The van der Waals surface area contributed by atoms with Crippen molar-refractivity contribution in [1.29, 1.82) is 0 Å². The largest absolute Gasteiger partial charge is 0.343 e. The molecular formula is C19H16FN3O2S. The molecule has 0 saturated carbocycles. The number of amides is 2. The first-order chi connectivity index (χ1) is 12.6. The smallest absolute Gasteiger partial charge is 0.267 e. The number of thiazole rings is 1. The van der Waals surface area contributed by atoms with Crippen molar-refractivity contribution in [3.05, 3.63) is 87.9 Å². The maximum Gasteiger partial charge on any atom is 0.267 e. The summed E-state index contributed by atoms with van der Waals surface area (Å²) in [5, 5.41) is 4.23. The number of benzene rings is 2. The Balaban J connectivity index is 1.65. The molecular weight excluding hydrogens is 353 g/mol. The van der Waals surface area contributed by atoms with E-state index in [1.807, 2.05) is 46.5 Å². The van der Waals surface area contributed by atoms with Crippen LogP contribution in [0.4, 0.5) is 4.39 Å². The Morgan fingerprint density at radius 1 is 1.08 bits per heavy atom. The Bertz CT molecular complexity index is 979. The van der Waals surface area contributed by atoms with Crippen LogP contribution in [0.25, 0.3) is 0 Å². The quantitative estimate of drug-likeness (QED) is 0.751. The molecule has 0 spiro atoms. The summed E-state index contributed by atoms with van der Waals surface area (Å²) in [6, 6.07) is 15.4. The highest BCUT2D eigenvalue weighted by atomic mass is 32.1. The Morgan fingerprint density at radius 2 is 1.81 bits per heavy atom. The van der Waals surface area contributed by atoms with Crippen molar-refractivity contribution in [2.75, 3.05) is 6.54 Å². The summed E-state index contributed by atoms with van der Waals surface area (Å²) in [5.41, 5.74) is 0.989. The van der Waals surface area contributed by atoms with Gasteiger partial charge in [-0.2, -0.15) is 4.99 Å². The predicted molar refractivity (Wildman–Crippen MR) is 97.2 cm³/mol. The van der Waals surface area contributed by atoms with Crippen molar-refractivity contribution < 1.29 is 14.0 Å². The zero-order valence-corrected chi connectivity index (χ0v) is 14.6. The molecule has 0 aliphatic heterocycles. The van der Waals surface area contributed by atoms with E-state index in [0.29, 0.717) is 11.3 Å². The molecule has 0 bridgehead atoms. The first-order valence-corrected chi connectivity index (χ1v) is 8.79. The molecule has 0 saturated heterocycles. The van der Waals surface area contributed by atoms with Gasteiger partial charge in [-0.05, 0) is 17.7 Å². The van der Waals surface area contributed by atoms with Crippen LogP contribution in [0.3, 0.4) is 0 Å². The molecule has 0 aliphatic rings. The van der Waals surface area contributed by atoms with Gasteiger partial charge in [0.15, 0.2) is 4.80 Å². The lowest BCUT2D eigenvalue weighted by Crippen LogP contribution is -2.30. The van der Waals surface area contributed by atoms with E-state index in [2.05, 4.69) is 10.3 Å². The summed E-state index contributed by atoms with van der Waals surface area (Å²) in [6.45, 7) is 0.300. The number of carbonyl (C=O) groups excluding carboxylic acids is 2. The van der Waals surface area contributed by atoms with Crippen LogP contribution in [0.2, 0.25) is 0 Å². The average Bonchev–Trinajstić information content (AvgIpc) is 3.07. The fourth-order valence-electron chi connectivity index (χ4n) is 2.33. The van der Waals surface area contributed by atoms with Gasteiger partial charge in [0, 0.05) is 18.1 Å². The van der Waals surface area contributed by atoms with E-state index in [4.69, 9.17) is 0 Å². The highest BCUT2D eigenvalue weighted by molar-refractivity contribution is 7.07. The van der Waals surface area contributed by atoms with Crippen molar-refractivity contribution >= 4 is 23.2 Å². The van der Waals surface area contributed by atoms with E-state index in [1.54, 1.807) is 6.07 Å². The van der Waals surface area contributed by atoms with Gasteiger partial charge in [-0.15, -0.1) is 11.3 Å². The Hall–Kier alpha value is -3.06. The number of nitrogens with one attached hydrogen (secondary N) is 1. The molecule has 3 aromatic rings. The maximum absolute atomic E-state index is 13.6. The number of halogens is 1. The SMILES string of the molecule is O=C(CNC(=O)c1ccccc1F)N=c1sccn1Cc1ccccc1. The first kappa shape index (κ1) is 17.8. The van der Waals surface area contributed by atoms with Crippen molar-refractivity contribution in [1.82, 2.24) is 9.88 Å². The summed E-state index contributed by atoms with van der Waals surface area (Å²) in [6.07, 6.45) is 1.85. The molecule has 1 heterocycles. The lowest BCUT2D eigenvalue weighted by molar-refractivity contribution is -0.117. The van der Waals surface area contributed by atoms with E-state index in [0.717, 1.165) is 5.56 Å².